The highest BCUT2D eigenvalue weighted by Crippen LogP contribution is 2.41. The van der Waals surface area contributed by atoms with Crippen LogP contribution in [0, 0.1) is 0 Å². The molecule has 0 aliphatic heterocycles. The van der Waals surface area contributed by atoms with Gasteiger partial charge in [0, 0.05) is 0 Å². The zero-order valence-electron chi connectivity index (χ0n) is 14.7. The van der Waals surface area contributed by atoms with Crippen LogP contribution in [0.3, 0.4) is 0 Å². The van der Waals surface area contributed by atoms with E-state index in [9.17, 15) is 13.2 Å². The van der Waals surface area contributed by atoms with Gasteiger partial charge in [-0.05, 0) is 49.5 Å². The molecular formula is C18H22F3NO2Si. The fourth-order valence-electron chi connectivity index (χ4n) is 2.37. The lowest BCUT2D eigenvalue weighted by molar-refractivity contribution is -0.161. The highest BCUT2D eigenvalue weighted by atomic mass is 28.4. The van der Waals surface area contributed by atoms with Crippen molar-refractivity contribution in [2.24, 2.45) is 0 Å². The lowest BCUT2D eigenvalue weighted by atomic mass is 10.1. The van der Waals surface area contributed by atoms with E-state index >= 15 is 0 Å². The molecule has 0 aliphatic rings. The number of hydroxylamine groups is 1. The van der Waals surface area contributed by atoms with E-state index in [1.165, 1.54) is 31.4 Å². The van der Waals surface area contributed by atoms with Gasteiger partial charge in [0.25, 0.3) is 0 Å². The average molecular weight is 369 g/mol. The van der Waals surface area contributed by atoms with Gasteiger partial charge in [-0.3, -0.25) is 0 Å². The van der Waals surface area contributed by atoms with Gasteiger partial charge in [0.05, 0.1) is 12.8 Å². The number of nitrogens with zero attached hydrogens (tertiary/aromatic N) is 1. The summed E-state index contributed by atoms with van der Waals surface area (Å²) in [5, 5.41) is 0.994. The Hall–Kier alpha value is -1.99. The van der Waals surface area contributed by atoms with E-state index in [2.05, 4.69) is 0 Å². The molecule has 0 saturated carbocycles. The Balaban J connectivity index is 2.53. The maximum absolute atomic E-state index is 14.0. The van der Waals surface area contributed by atoms with E-state index < -0.39 is 20.5 Å². The Morgan fingerprint density at radius 1 is 0.920 bits per heavy atom. The quantitative estimate of drug-likeness (QED) is 0.491. The Labute approximate surface area is 147 Å². The SMILES string of the molecule is COc1ccc(C(N(O[Si](C)(C)C)c2ccccc2)C(F)(F)F)cc1. The van der Waals surface area contributed by atoms with Gasteiger partial charge in [-0.15, -0.1) is 0 Å². The summed E-state index contributed by atoms with van der Waals surface area (Å²) in [5.41, 5.74) is 0.457. The number of ether oxygens (including phenoxy) is 1. The van der Waals surface area contributed by atoms with Gasteiger partial charge in [0.2, 0.25) is 8.32 Å². The van der Waals surface area contributed by atoms with Crippen molar-refractivity contribution in [1.82, 2.24) is 0 Å². The van der Waals surface area contributed by atoms with E-state index in [0.29, 0.717) is 11.4 Å². The Morgan fingerprint density at radius 2 is 1.48 bits per heavy atom. The maximum atomic E-state index is 14.0. The van der Waals surface area contributed by atoms with Gasteiger partial charge in [0.1, 0.15) is 5.75 Å². The molecule has 0 radical (unpaired) electrons. The van der Waals surface area contributed by atoms with Crippen molar-refractivity contribution in [3.8, 4) is 5.75 Å². The zero-order chi connectivity index (χ0) is 18.7. The second kappa shape index (κ2) is 7.49. The topological polar surface area (TPSA) is 21.7 Å². The summed E-state index contributed by atoms with van der Waals surface area (Å²) in [5.74, 6) is 0.502. The molecule has 0 heterocycles. The second-order valence-electron chi connectivity index (χ2n) is 6.58. The Morgan fingerprint density at radius 3 is 1.92 bits per heavy atom. The number of rotatable bonds is 6. The first-order valence-electron chi connectivity index (χ1n) is 7.86. The first-order chi connectivity index (χ1) is 11.6. The first kappa shape index (κ1) is 19.3. The molecule has 0 saturated heterocycles. The fourth-order valence-corrected chi connectivity index (χ4v) is 3.17. The van der Waals surface area contributed by atoms with Gasteiger partial charge in [-0.25, -0.2) is 5.06 Å². The lowest BCUT2D eigenvalue weighted by Gasteiger charge is -2.38. The molecule has 0 aromatic heterocycles. The van der Waals surface area contributed by atoms with Crippen molar-refractivity contribution in [3.05, 3.63) is 60.2 Å². The predicted octanol–water partition coefficient (Wildman–Crippen LogP) is 5.57. The van der Waals surface area contributed by atoms with Crippen LogP contribution in [0.1, 0.15) is 11.6 Å². The zero-order valence-corrected chi connectivity index (χ0v) is 15.7. The van der Waals surface area contributed by atoms with Gasteiger partial charge in [-0.2, -0.15) is 13.2 Å². The molecule has 3 nitrogen and oxygen atoms in total. The average Bonchev–Trinajstić information content (AvgIpc) is 2.53. The molecule has 1 unspecified atom stereocenters. The number of benzene rings is 2. The van der Waals surface area contributed by atoms with Crippen molar-refractivity contribution in [1.29, 1.82) is 0 Å². The molecule has 25 heavy (non-hydrogen) atoms. The van der Waals surface area contributed by atoms with Crippen molar-refractivity contribution in [3.63, 3.8) is 0 Å². The summed E-state index contributed by atoms with van der Waals surface area (Å²) in [4.78, 5) is 0. The molecule has 2 rings (SSSR count). The molecule has 0 aliphatic carbocycles. The number of para-hydroxylation sites is 1. The van der Waals surface area contributed by atoms with E-state index in [1.807, 2.05) is 19.6 Å². The van der Waals surface area contributed by atoms with Crippen LogP contribution < -0.4 is 9.80 Å². The smallest absolute Gasteiger partial charge is 0.415 e. The molecule has 0 bridgehead atoms. The van der Waals surface area contributed by atoms with Gasteiger partial charge in [0.15, 0.2) is 6.04 Å². The van der Waals surface area contributed by atoms with Crippen molar-refractivity contribution < 1.29 is 22.4 Å². The van der Waals surface area contributed by atoms with Gasteiger partial charge < -0.3 is 9.26 Å². The summed E-state index contributed by atoms with van der Waals surface area (Å²) < 4.78 is 52.8. The van der Waals surface area contributed by atoms with E-state index in [1.54, 1.807) is 30.3 Å². The summed E-state index contributed by atoms with van der Waals surface area (Å²) in [6.45, 7) is 5.55. The highest BCUT2D eigenvalue weighted by Gasteiger charge is 2.47. The summed E-state index contributed by atoms with van der Waals surface area (Å²) in [6.07, 6.45) is -4.51. The Bertz CT molecular complexity index is 669. The van der Waals surface area contributed by atoms with Crippen LogP contribution in [0.15, 0.2) is 54.6 Å². The van der Waals surface area contributed by atoms with E-state index in [-0.39, 0.29) is 5.56 Å². The molecule has 2 aromatic carbocycles. The van der Waals surface area contributed by atoms with Crippen LogP contribution in [0.5, 0.6) is 5.75 Å². The minimum atomic E-state index is -4.51. The summed E-state index contributed by atoms with van der Waals surface area (Å²) in [7, 11) is -0.821. The monoisotopic (exact) mass is 369 g/mol. The van der Waals surface area contributed by atoms with Gasteiger partial charge in [-0.1, -0.05) is 30.3 Å². The second-order valence-corrected chi connectivity index (χ2v) is 11.0. The van der Waals surface area contributed by atoms with Gasteiger partial charge >= 0.3 is 6.18 Å². The van der Waals surface area contributed by atoms with E-state index in [4.69, 9.17) is 9.26 Å². The molecule has 2 aromatic rings. The minimum Gasteiger partial charge on any atom is -0.497 e. The lowest BCUT2D eigenvalue weighted by Crippen LogP contribution is -2.45. The summed E-state index contributed by atoms with van der Waals surface area (Å²) >= 11 is 0. The number of alkyl halides is 3. The molecule has 0 spiro atoms. The molecule has 7 heteroatoms. The molecule has 0 N–H and O–H groups in total. The molecule has 1 atom stereocenters. The minimum absolute atomic E-state index is 0.0930. The number of halogens is 3. The van der Waals surface area contributed by atoms with Crippen LogP contribution in [-0.4, -0.2) is 21.6 Å². The number of methoxy groups -OCH3 is 1. The molecular weight excluding hydrogens is 347 g/mol. The molecule has 136 valence electrons. The fraction of sp³-hybridized carbons (Fsp3) is 0.333. The highest BCUT2D eigenvalue weighted by molar-refractivity contribution is 6.69. The normalized spacial score (nSPS) is 13.4. The number of hydrogen-bond donors (Lipinski definition) is 0. The predicted molar refractivity (Wildman–Crippen MR) is 95.1 cm³/mol. The Kier molecular flexibility index (Phi) is 5.79. The molecule has 0 fully saturated rings. The first-order valence-corrected chi connectivity index (χ1v) is 11.3. The van der Waals surface area contributed by atoms with Crippen LogP contribution >= 0.6 is 0 Å². The number of anilines is 1. The van der Waals surface area contributed by atoms with Crippen molar-refractivity contribution >= 4 is 14.0 Å². The maximum Gasteiger partial charge on any atom is 0.415 e. The third kappa shape index (κ3) is 5.24. The van der Waals surface area contributed by atoms with Crippen LogP contribution in [0.2, 0.25) is 19.6 Å². The van der Waals surface area contributed by atoms with Crippen LogP contribution in [0.25, 0.3) is 0 Å². The summed E-state index contributed by atoms with van der Waals surface area (Å²) in [6, 6.07) is 12.3. The molecule has 0 amide bonds. The van der Waals surface area contributed by atoms with Crippen molar-refractivity contribution in [2.45, 2.75) is 31.9 Å². The third-order valence-corrected chi connectivity index (χ3v) is 4.10. The standard InChI is InChI=1S/C18H22F3NO2Si/c1-23-16-12-10-14(11-13-16)17(18(19,20)21)22(24-25(2,3)4)15-8-6-5-7-9-15/h5-13,17H,1-4H3. The van der Waals surface area contributed by atoms with E-state index in [0.717, 1.165) is 5.06 Å². The van der Waals surface area contributed by atoms with Crippen LogP contribution in [0.4, 0.5) is 18.9 Å². The number of hydrogen-bond acceptors (Lipinski definition) is 3. The van der Waals surface area contributed by atoms with Crippen LogP contribution in [-0.2, 0) is 4.53 Å². The van der Waals surface area contributed by atoms with Crippen molar-refractivity contribution in [2.75, 3.05) is 12.2 Å². The third-order valence-electron chi connectivity index (χ3n) is 3.36. The largest absolute Gasteiger partial charge is 0.497 e.